The Morgan fingerprint density at radius 1 is 1.06 bits per heavy atom. The van der Waals surface area contributed by atoms with Gasteiger partial charge in [-0.25, -0.2) is 4.68 Å². The maximum absolute atomic E-state index is 12.9. The molecule has 4 aromatic rings. The molecule has 0 spiro atoms. The second kappa shape index (κ2) is 10.00. The molecule has 1 N–H and O–H groups in total. The van der Waals surface area contributed by atoms with Gasteiger partial charge < -0.3 is 14.8 Å². The maximum Gasteiger partial charge on any atom is 0.387 e. The molecule has 0 saturated carbocycles. The SMILES string of the molecule is COc1ccc(-c2cc(NC(=O)c3ccn(-c4ccc([N+](=O)[O-])cc4)n3)ccc2OC(F)F)cc1. The number of aromatic nitrogens is 2. The van der Waals surface area contributed by atoms with Gasteiger partial charge in [-0.3, -0.25) is 14.9 Å². The van der Waals surface area contributed by atoms with Crippen LogP contribution in [0, 0.1) is 10.1 Å². The number of nitrogens with zero attached hydrogens (tertiary/aromatic N) is 3. The number of non-ortho nitro benzene ring substituents is 1. The molecule has 0 aliphatic carbocycles. The largest absolute Gasteiger partial charge is 0.497 e. The zero-order chi connectivity index (χ0) is 24.9. The Bertz CT molecular complexity index is 1360. The van der Waals surface area contributed by atoms with Crippen molar-refractivity contribution < 1.29 is 28.0 Å². The highest BCUT2D eigenvalue weighted by Gasteiger charge is 2.16. The van der Waals surface area contributed by atoms with Crippen molar-refractivity contribution in [2.24, 2.45) is 0 Å². The van der Waals surface area contributed by atoms with Crippen molar-refractivity contribution in [3.8, 4) is 28.3 Å². The summed E-state index contributed by atoms with van der Waals surface area (Å²) in [6, 6.07) is 18.2. The van der Waals surface area contributed by atoms with Crippen LogP contribution in [0.4, 0.5) is 20.2 Å². The topological polar surface area (TPSA) is 109 Å². The summed E-state index contributed by atoms with van der Waals surface area (Å²) in [5, 5.41) is 17.7. The number of ether oxygens (including phenoxy) is 2. The number of nitro benzene ring substituents is 1. The molecule has 0 radical (unpaired) electrons. The lowest BCUT2D eigenvalue weighted by Gasteiger charge is -2.13. The third-order valence-corrected chi connectivity index (χ3v) is 5.00. The first-order valence-corrected chi connectivity index (χ1v) is 10.2. The average molecular weight is 480 g/mol. The lowest BCUT2D eigenvalue weighted by atomic mass is 10.0. The monoisotopic (exact) mass is 480 g/mol. The summed E-state index contributed by atoms with van der Waals surface area (Å²) in [6.45, 7) is -3.02. The second-order valence-corrected chi connectivity index (χ2v) is 7.19. The van der Waals surface area contributed by atoms with Crippen molar-refractivity contribution in [1.82, 2.24) is 9.78 Å². The van der Waals surface area contributed by atoms with E-state index in [-0.39, 0.29) is 17.1 Å². The van der Waals surface area contributed by atoms with Gasteiger partial charge in [-0.05, 0) is 54.1 Å². The fraction of sp³-hybridized carbons (Fsp3) is 0.0833. The summed E-state index contributed by atoms with van der Waals surface area (Å²) in [4.78, 5) is 23.1. The lowest BCUT2D eigenvalue weighted by molar-refractivity contribution is -0.384. The lowest BCUT2D eigenvalue weighted by Crippen LogP contribution is -2.13. The van der Waals surface area contributed by atoms with Crippen molar-refractivity contribution in [3.05, 3.63) is 94.8 Å². The fourth-order valence-electron chi connectivity index (χ4n) is 3.31. The van der Waals surface area contributed by atoms with Crippen molar-refractivity contribution in [2.45, 2.75) is 6.61 Å². The molecule has 0 aliphatic heterocycles. The number of alkyl halides is 2. The number of benzene rings is 3. The number of rotatable bonds is 8. The van der Waals surface area contributed by atoms with Gasteiger partial charge in [-0.2, -0.15) is 13.9 Å². The Balaban J connectivity index is 1.56. The minimum atomic E-state index is -3.02. The molecule has 1 amide bonds. The summed E-state index contributed by atoms with van der Waals surface area (Å²) in [5.41, 5.74) is 1.83. The van der Waals surface area contributed by atoms with Gasteiger partial charge in [0.1, 0.15) is 11.5 Å². The standard InChI is InChI=1S/C24H18F2N4O5/c1-34-19-9-2-15(3-10-19)20-14-16(4-11-22(20)35-24(25)26)27-23(31)21-12-13-29(28-21)17-5-7-18(8-6-17)30(32)33/h2-14,24H,1H3,(H,27,31). The number of methoxy groups -OCH3 is 1. The zero-order valence-electron chi connectivity index (χ0n) is 18.2. The Kier molecular flexibility index (Phi) is 6.67. The van der Waals surface area contributed by atoms with Crippen LogP contribution in [0.25, 0.3) is 16.8 Å². The normalized spacial score (nSPS) is 10.7. The smallest absolute Gasteiger partial charge is 0.387 e. The predicted octanol–water partition coefficient (Wildman–Crippen LogP) is 5.31. The highest BCUT2D eigenvalue weighted by molar-refractivity contribution is 6.03. The molecule has 9 nitrogen and oxygen atoms in total. The molecule has 0 saturated heterocycles. The van der Waals surface area contributed by atoms with Crippen LogP contribution in [0.2, 0.25) is 0 Å². The van der Waals surface area contributed by atoms with Crippen LogP contribution in [0.1, 0.15) is 10.5 Å². The third-order valence-electron chi connectivity index (χ3n) is 5.00. The maximum atomic E-state index is 12.9. The first-order valence-electron chi connectivity index (χ1n) is 10.2. The molecule has 0 fully saturated rings. The van der Waals surface area contributed by atoms with E-state index in [1.165, 1.54) is 60.3 Å². The van der Waals surface area contributed by atoms with Gasteiger partial charge in [0.2, 0.25) is 0 Å². The van der Waals surface area contributed by atoms with Crippen LogP contribution in [-0.2, 0) is 0 Å². The van der Waals surface area contributed by atoms with E-state index >= 15 is 0 Å². The molecule has 35 heavy (non-hydrogen) atoms. The van der Waals surface area contributed by atoms with Crippen LogP contribution in [0.15, 0.2) is 79.0 Å². The molecule has 0 aliphatic rings. The number of carbonyl (C=O) groups is 1. The number of nitrogens with one attached hydrogen (secondary N) is 1. The van der Waals surface area contributed by atoms with Crippen molar-refractivity contribution in [1.29, 1.82) is 0 Å². The summed E-state index contributed by atoms with van der Waals surface area (Å²) < 4.78 is 37.0. The van der Waals surface area contributed by atoms with Gasteiger partial charge in [0.05, 0.1) is 17.7 Å². The van der Waals surface area contributed by atoms with E-state index in [0.717, 1.165) is 0 Å². The van der Waals surface area contributed by atoms with Crippen LogP contribution in [-0.4, -0.2) is 34.3 Å². The Morgan fingerprint density at radius 3 is 2.40 bits per heavy atom. The minimum Gasteiger partial charge on any atom is -0.497 e. The molecule has 11 heteroatoms. The van der Waals surface area contributed by atoms with Gasteiger partial charge in [0.25, 0.3) is 11.6 Å². The Hall–Kier alpha value is -4.80. The molecule has 3 aromatic carbocycles. The zero-order valence-corrected chi connectivity index (χ0v) is 18.2. The first-order chi connectivity index (χ1) is 16.8. The number of halogens is 2. The van der Waals surface area contributed by atoms with Crippen LogP contribution in [0.5, 0.6) is 11.5 Å². The van der Waals surface area contributed by atoms with E-state index in [4.69, 9.17) is 4.74 Å². The Labute approximate surface area is 197 Å². The van der Waals surface area contributed by atoms with Gasteiger partial charge in [-0.1, -0.05) is 12.1 Å². The first kappa shape index (κ1) is 23.4. The second-order valence-electron chi connectivity index (χ2n) is 7.19. The Morgan fingerprint density at radius 2 is 1.77 bits per heavy atom. The minimum absolute atomic E-state index is 0.0504. The van der Waals surface area contributed by atoms with Gasteiger partial charge in [-0.15, -0.1) is 0 Å². The molecule has 1 aromatic heterocycles. The number of hydrogen-bond donors (Lipinski definition) is 1. The van der Waals surface area contributed by atoms with Crippen LogP contribution >= 0.6 is 0 Å². The van der Waals surface area contributed by atoms with Gasteiger partial charge in [0, 0.05) is 29.6 Å². The van der Waals surface area contributed by atoms with E-state index in [1.807, 2.05) is 0 Å². The van der Waals surface area contributed by atoms with E-state index in [2.05, 4.69) is 15.2 Å². The van der Waals surface area contributed by atoms with Crippen LogP contribution in [0.3, 0.4) is 0 Å². The summed E-state index contributed by atoms with van der Waals surface area (Å²) in [5.74, 6) is 0.0117. The average Bonchev–Trinajstić information content (AvgIpc) is 3.35. The molecule has 0 unspecified atom stereocenters. The predicted molar refractivity (Wildman–Crippen MR) is 123 cm³/mol. The number of hydrogen-bond acceptors (Lipinski definition) is 6. The summed E-state index contributed by atoms with van der Waals surface area (Å²) in [7, 11) is 1.51. The van der Waals surface area contributed by atoms with Crippen molar-refractivity contribution >= 4 is 17.3 Å². The highest BCUT2D eigenvalue weighted by Crippen LogP contribution is 2.34. The number of carbonyl (C=O) groups excluding carboxylic acids is 1. The number of anilines is 1. The van der Waals surface area contributed by atoms with E-state index in [1.54, 1.807) is 30.5 Å². The van der Waals surface area contributed by atoms with E-state index < -0.39 is 17.4 Å². The summed E-state index contributed by atoms with van der Waals surface area (Å²) >= 11 is 0. The molecule has 1 heterocycles. The van der Waals surface area contributed by atoms with E-state index in [0.29, 0.717) is 28.3 Å². The molecular formula is C24H18F2N4O5. The molecule has 0 bridgehead atoms. The molecule has 178 valence electrons. The molecular weight excluding hydrogens is 462 g/mol. The van der Waals surface area contributed by atoms with E-state index in [9.17, 15) is 23.7 Å². The quantitative estimate of drug-likeness (QED) is 0.270. The van der Waals surface area contributed by atoms with Gasteiger partial charge in [0.15, 0.2) is 5.69 Å². The summed E-state index contributed by atoms with van der Waals surface area (Å²) in [6.07, 6.45) is 1.54. The third kappa shape index (κ3) is 5.41. The van der Waals surface area contributed by atoms with Crippen LogP contribution < -0.4 is 14.8 Å². The fourth-order valence-corrected chi connectivity index (χ4v) is 3.31. The molecule has 0 atom stereocenters. The number of amides is 1. The van der Waals surface area contributed by atoms with Crippen molar-refractivity contribution in [3.63, 3.8) is 0 Å². The van der Waals surface area contributed by atoms with Gasteiger partial charge >= 0.3 is 6.61 Å². The van der Waals surface area contributed by atoms with Crippen molar-refractivity contribution in [2.75, 3.05) is 12.4 Å². The number of nitro groups is 1. The molecule has 4 rings (SSSR count). The highest BCUT2D eigenvalue weighted by atomic mass is 19.3.